The van der Waals surface area contributed by atoms with Crippen LogP contribution in [0.5, 0.6) is 0 Å². The summed E-state index contributed by atoms with van der Waals surface area (Å²) in [6.45, 7) is 8.43. The molecule has 20 nitrogen and oxygen atoms in total. The number of carboxylic acids is 1. The lowest BCUT2D eigenvalue weighted by Gasteiger charge is -2.45. The van der Waals surface area contributed by atoms with E-state index in [9.17, 15) is 24.0 Å². The maximum Gasteiger partial charge on any atom is 0.338 e. The molecule has 0 bridgehead atoms. The summed E-state index contributed by atoms with van der Waals surface area (Å²) in [6, 6.07) is 7.98. The topological polar surface area (TPSA) is 244 Å². The monoisotopic (exact) mass is 922 g/mol. The summed E-state index contributed by atoms with van der Waals surface area (Å²) in [7, 11) is 3.67. The molecule has 362 valence electrons. The number of aliphatic imine (C=N–C) groups is 1. The standard InChI is InChI=1S/C46H66N8O12/c1-7-32-29(3)39(66-45(60)31-18-12-11-13-19-31)37(52-30(4)55)46(64-32)62-25-17-14-20-34(56)47-23-15-9-10-16-24-61-40-33(8-2)63-44(41(40)65-36(59)22-21-35(57)58)54-28-50-38-42(51-27-53(5)6)48-26-49-43(38)54/h11-13,18-19,26-29,32-33,37,39-41,44,46H,7-10,14-17,20-25H2,1-6H3,(H,47,56)(H,52,55)(H,57,58)/b51-27-/t29-,32+,33+,37+,39-,40?,41-,44+,46+/m0/s1. The lowest BCUT2D eigenvalue weighted by atomic mass is 9.87. The van der Waals surface area contributed by atoms with E-state index < -0.39 is 60.9 Å². The minimum Gasteiger partial charge on any atom is -0.481 e. The van der Waals surface area contributed by atoms with Crippen molar-refractivity contribution < 1.29 is 57.5 Å². The first-order valence-electron chi connectivity index (χ1n) is 22.9. The Bertz CT molecular complexity index is 2070. The molecule has 2 saturated heterocycles. The van der Waals surface area contributed by atoms with Crippen LogP contribution in [0.1, 0.15) is 115 Å². The van der Waals surface area contributed by atoms with Crippen molar-refractivity contribution in [1.29, 1.82) is 0 Å². The number of esters is 2. The van der Waals surface area contributed by atoms with Crippen LogP contribution >= 0.6 is 0 Å². The largest absolute Gasteiger partial charge is 0.481 e. The Balaban J connectivity index is 1.04. The lowest BCUT2D eigenvalue weighted by Crippen LogP contribution is -2.62. The molecule has 1 unspecified atom stereocenters. The smallest absolute Gasteiger partial charge is 0.338 e. The van der Waals surface area contributed by atoms with E-state index in [1.807, 2.05) is 40.9 Å². The van der Waals surface area contributed by atoms with Crippen molar-refractivity contribution >= 4 is 53.0 Å². The van der Waals surface area contributed by atoms with E-state index in [4.69, 9.17) is 33.5 Å². The Morgan fingerprint density at radius 2 is 1.58 bits per heavy atom. The zero-order chi connectivity index (χ0) is 47.6. The predicted octanol–water partition coefficient (Wildman–Crippen LogP) is 4.88. The van der Waals surface area contributed by atoms with Crippen molar-refractivity contribution in [2.75, 3.05) is 33.9 Å². The van der Waals surface area contributed by atoms with Gasteiger partial charge in [0.1, 0.15) is 24.6 Å². The van der Waals surface area contributed by atoms with Crippen LogP contribution in [-0.4, -0.2) is 142 Å². The van der Waals surface area contributed by atoms with Gasteiger partial charge in [0.2, 0.25) is 11.8 Å². The first-order valence-corrected chi connectivity index (χ1v) is 22.9. The summed E-state index contributed by atoms with van der Waals surface area (Å²) in [4.78, 5) is 81.4. The Hall–Kier alpha value is -5.57. The molecule has 0 spiro atoms. The number of unbranched alkanes of at least 4 members (excludes halogenated alkanes) is 4. The van der Waals surface area contributed by atoms with Crippen LogP contribution in [0, 0.1) is 5.92 Å². The summed E-state index contributed by atoms with van der Waals surface area (Å²) >= 11 is 0. The molecule has 3 N–H and O–H groups in total. The van der Waals surface area contributed by atoms with Crippen LogP contribution in [0.3, 0.4) is 0 Å². The van der Waals surface area contributed by atoms with E-state index in [1.54, 1.807) is 40.1 Å². The van der Waals surface area contributed by atoms with Crippen molar-refractivity contribution in [3.05, 3.63) is 48.5 Å². The number of benzene rings is 1. The van der Waals surface area contributed by atoms with Crippen LogP contribution in [0.4, 0.5) is 5.82 Å². The number of carboxylic acid groups (broad SMARTS) is 1. The van der Waals surface area contributed by atoms with E-state index in [0.717, 1.165) is 19.3 Å². The third-order valence-corrected chi connectivity index (χ3v) is 11.4. The number of hydrogen-bond donors (Lipinski definition) is 3. The van der Waals surface area contributed by atoms with Gasteiger partial charge < -0.3 is 49.1 Å². The third kappa shape index (κ3) is 14.7. The third-order valence-electron chi connectivity index (χ3n) is 11.4. The number of fused-ring (bicyclic) bond motifs is 1. The molecule has 2 fully saturated rings. The van der Waals surface area contributed by atoms with Gasteiger partial charge in [-0.2, -0.15) is 0 Å². The van der Waals surface area contributed by atoms with E-state index in [0.29, 0.717) is 74.2 Å². The number of nitrogens with one attached hydrogen (secondary N) is 2. The second-order valence-corrected chi connectivity index (χ2v) is 16.8. The van der Waals surface area contributed by atoms with Crippen LogP contribution < -0.4 is 10.6 Å². The van der Waals surface area contributed by atoms with Crippen LogP contribution in [0.25, 0.3) is 11.2 Å². The molecule has 2 aromatic heterocycles. The number of carbonyl (C=O) groups is 5. The highest BCUT2D eigenvalue weighted by Crippen LogP contribution is 2.38. The van der Waals surface area contributed by atoms with Crippen molar-refractivity contribution in [3.63, 3.8) is 0 Å². The number of nitrogens with zero attached hydrogens (tertiary/aromatic N) is 6. The zero-order valence-corrected chi connectivity index (χ0v) is 38.8. The Morgan fingerprint density at radius 1 is 0.848 bits per heavy atom. The zero-order valence-electron chi connectivity index (χ0n) is 38.8. The molecule has 0 aliphatic carbocycles. The summed E-state index contributed by atoms with van der Waals surface area (Å²) in [5.74, 6) is -2.49. The van der Waals surface area contributed by atoms with Gasteiger partial charge in [0, 0.05) is 53.1 Å². The van der Waals surface area contributed by atoms with Gasteiger partial charge in [0.15, 0.2) is 35.6 Å². The SMILES string of the molecule is CC[C@H]1O[C@@H](n2cnc3c(/N=C\N(C)C)ncnc32)[C@@H](OC(=O)CCC(=O)O)C1OCCCCCCNC(=O)CCCCO[C@@H]1O[C@H](CC)[C@H](C)[C@H](OC(=O)c2ccccc2)[C@H]1NC(C)=O. The molecule has 9 atom stereocenters. The molecule has 0 saturated carbocycles. The molecular formula is C46H66N8O12. The van der Waals surface area contributed by atoms with E-state index >= 15 is 0 Å². The van der Waals surface area contributed by atoms with Crippen molar-refractivity contribution in [2.24, 2.45) is 10.9 Å². The maximum atomic E-state index is 13.0. The van der Waals surface area contributed by atoms with Gasteiger partial charge in [-0.3, -0.25) is 23.7 Å². The molecule has 66 heavy (non-hydrogen) atoms. The summed E-state index contributed by atoms with van der Waals surface area (Å²) < 4.78 is 38.7. The molecule has 0 radical (unpaired) electrons. The summed E-state index contributed by atoms with van der Waals surface area (Å²) in [5.41, 5.74) is 1.26. The normalized spacial score (nSPS) is 24.0. The van der Waals surface area contributed by atoms with Gasteiger partial charge in [-0.15, -0.1) is 0 Å². The fraction of sp³-hybridized carbons (Fsp3) is 0.630. The van der Waals surface area contributed by atoms with Crippen LogP contribution in [-0.2, 0) is 47.6 Å². The molecule has 2 amide bonds. The number of carbonyl (C=O) groups excluding carboxylic acids is 4. The quantitative estimate of drug-likeness (QED) is 0.0420. The first kappa shape index (κ1) is 51.4. The highest BCUT2D eigenvalue weighted by atomic mass is 16.7. The van der Waals surface area contributed by atoms with Crippen molar-refractivity contribution in [2.45, 2.75) is 147 Å². The van der Waals surface area contributed by atoms with Crippen molar-refractivity contribution in [3.8, 4) is 0 Å². The molecule has 4 heterocycles. The fourth-order valence-corrected chi connectivity index (χ4v) is 8.02. The number of ether oxygens (including phenoxy) is 6. The van der Waals surface area contributed by atoms with E-state index in [2.05, 4.69) is 30.6 Å². The number of aliphatic carboxylic acids is 1. The van der Waals surface area contributed by atoms with E-state index in [1.165, 1.54) is 19.6 Å². The first-order chi connectivity index (χ1) is 31.8. The summed E-state index contributed by atoms with van der Waals surface area (Å²) in [5, 5.41) is 15.0. The molecule has 1 aromatic carbocycles. The van der Waals surface area contributed by atoms with Gasteiger partial charge in [-0.1, -0.05) is 51.8 Å². The predicted molar refractivity (Wildman–Crippen MR) is 240 cm³/mol. The lowest BCUT2D eigenvalue weighted by molar-refractivity contribution is -0.249. The minimum atomic E-state index is -1.11. The molecule has 2 aliphatic heterocycles. The molecule has 20 heteroatoms. The highest BCUT2D eigenvalue weighted by molar-refractivity contribution is 5.89. The van der Waals surface area contributed by atoms with Gasteiger partial charge in [0.05, 0.1) is 43.3 Å². The number of rotatable bonds is 26. The summed E-state index contributed by atoms with van der Waals surface area (Å²) in [6.07, 6.45) is 5.05. The van der Waals surface area contributed by atoms with Gasteiger partial charge in [-0.05, 0) is 50.7 Å². The average molecular weight is 923 g/mol. The van der Waals surface area contributed by atoms with Gasteiger partial charge in [-0.25, -0.2) is 24.7 Å². The van der Waals surface area contributed by atoms with Crippen LogP contribution in [0.2, 0.25) is 0 Å². The molecule has 5 rings (SSSR count). The van der Waals surface area contributed by atoms with Gasteiger partial charge >= 0.3 is 17.9 Å². The minimum absolute atomic E-state index is 0.0591. The molecule has 2 aliphatic rings. The number of aromatic nitrogens is 4. The average Bonchev–Trinajstić information content (AvgIpc) is 3.88. The number of imidazole rings is 1. The molecule has 3 aromatic rings. The second kappa shape index (κ2) is 25.9. The molecular weight excluding hydrogens is 857 g/mol. The second-order valence-electron chi connectivity index (χ2n) is 16.8. The highest BCUT2D eigenvalue weighted by Gasteiger charge is 2.49. The van der Waals surface area contributed by atoms with E-state index in [-0.39, 0.29) is 43.3 Å². The Kier molecular flexibility index (Phi) is 20.2. The fourth-order valence-electron chi connectivity index (χ4n) is 8.02. The van der Waals surface area contributed by atoms with Gasteiger partial charge in [0.25, 0.3) is 0 Å². The number of hydrogen-bond acceptors (Lipinski definition) is 15. The Labute approximate surface area is 385 Å². The Morgan fingerprint density at radius 3 is 2.29 bits per heavy atom. The van der Waals surface area contributed by atoms with Crippen molar-refractivity contribution in [1.82, 2.24) is 35.1 Å². The van der Waals surface area contributed by atoms with Crippen LogP contribution in [0.15, 0.2) is 48.0 Å². The number of amides is 2. The maximum absolute atomic E-state index is 13.0.